The van der Waals surface area contributed by atoms with Gasteiger partial charge in [-0.2, -0.15) is 0 Å². The predicted molar refractivity (Wildman–Crippen MR) is 84.9 cm³/mol. The molecule has 21 heavy (non-hydrogen) atoms. The highest BCUT2D eigenvalue weighted by Crippen LogP contribution is 2.31. The highest BCUT2D eigenvalue weighted by molar-refractivity contribution is 9.10. The molecule has 1 saturated carbocycles. The van der Waals surface area contributed by atoms with Gasteiger partial charge in [-0.1, -0.05) is 0 Å². The van der Waals surface area contributed by atoms with E-state index in [1.807, 2.05) is 24.0 Å². The molecule has 0 unspecified atom stereocenters. The number of benzene rings is 1. The molecule has 0 radical (unpaired) electrons. The van der Waals surface area contributed by atoms with Crippen LogP contribution >= 0.6 is 15.9 Å². The first kappa shape index (κ1) is 14.2. The largest absolute Gasteiger partial charge is 0.464 e. The molecule has 1 aromatic heterocycles. The Morgan fingerprint density at radius 2 is 2.14 bits per heavy atom. The van der Waals surface area contributed by atoms with Gasteiger partial charge < -0.3 is 15.1 Å². The average molecular weight is 349 g/mol. The van der Waals surface area contributed by atoms with Crippen molar-refractivity contribution in [2.24, 2.45) is 0 Å². The molecule has 1 aromatic carbocycles. The van der Waals surface area contributed by atoms with E-state index in [2.05, 4.69) is 15.9 Å². The third-order valence-electron chi connectivity index (χ3n) is 3.62. The number of nitrogens with zero attached hydrogens (tertiary/aromatic N) is 1. The zero-order valence-electron chi connectivity index (χ0n) is 11.8. The van der Waals surface area contributed by atoms with E-state index >= 15 is 0 Å². The third-order valence-corrected chi connectivity index (χ3v) is 4.30. The molecular weight excluding hydrogens is 332 g/mol. The lowest BCUT2D eigenvalue weighted by Gasteiger charge is -2.21. The van der Waals surface area contributed by atoms with Gasteiger partial charge >= 0.3 is 0 Å². The minimum absolute atomic E-state index is 0.0206. The second-order valence-electron chi connectivity index (χ2n) is 5.41. The second-order valence-corrected chi connectivity index (χ2v) is 6.27. The Hall–Kier alpha value is -1.75. The summed E-state index contributed by atoms with van der Waals surface area (Å²) >= 11 is 3.37. The molecule has 0 atom stereocenters. The first-order valence-electron chi connectivity index (χ1n) is 6.96. The maximum Gasteiger partial charge on any atom is 0.254 e. The Morgan fingerprint density at radius 1 is 1.38 bits per heavy atom. The number of aryl methyl sites for hydroxylation is 1. The molecule has 4 nitrogen and oxygen atoms in total. The van der Waals surface area contributed by atoms with Gasteiger partial charge in [-0.15, -0.1) is 0 Å². The molecule has 1 amide bonds. The van der Waals surface area contributed by atoms with Gasteiger partial charge in [0.25, 0.3) is 5.91 Å². The highest BCUT2D eigenvalue weighted by Gasteiger charge is 2.33. The first-order chi connectivity index (χ1) is 10.0. The van der Waals surface area contributed by atoms with Crippen LogP contribution < -0.4 is 5.73 Å². The number of nitrogen functional groups attached to an aromatic ring is 1. The number of furan rings is 1. The Labute approximate surface area is 132 Å². The zero-order chi connectivity index (χ0) is 15.0. The maximum atomic E-state index is 12.7. The quantitative estimate of drug-likeness (QED) is 0.856. The van der Waals surface area contributed by atoms with Crippen LogP contribution in [0.25, 0.3) is 0 Å². The van der Waals surface area contributed by atoms with E-state index in [4.69, 9.17) is 10.2 Å². The number of rotatable bonds is 4. The topological polar surface area (TPSA) is 59.5 Å². The molecule has 1 heterocycles. The summed E-state index contributed by atoms with van der Waals surface area (Å²) in [6.45, 7) is 2.42. The molecule has 0 bridgehead atoms. The van der Waals surface area contributed by atoms with Crippen molar-refractivity contribution in [2.75, 3.05) is 5.73 Å². The van der Waals surface area contributed by atoms with Crippen molar-refractivity contribution in [3.63, 3.8) is 0 Å². The number of carbonyl (C=O) groups excluding carboxylic acids is 1. The molecule has 3 rings (SSSR count). The maximum absolute atomic E-state index is 12.7. The smallest absolute Gasteiger partial charge is 0.254 e. The Bertz CT molecular complexity index is 677. The first-order valence-corrected chi connectivity index (χ1v) is 7.75. The van der Waals surface area contributed by atoms with Gasteiger partial charge in [-0.3, -0.25) is 4.79 Å². The normalized spacial score (nSPS) is 14.2. The zero-order valence-corrected chi connectivity index (χ0v) is 13.4. The van der Waals surface area contributed by atoms with Crippen LogP contribution in [0.1, 0.15) is 34.7 Å². The molecule has 2 N–H and O–H groups in total. The van der Waals surface area contributed by atoms with Crippen LogP contribution in [-0.4, -0.2) is 16.8 Å². The summed E-state index contributed by atoms with van der Waals surface area (Å²) in [5, 5.41) is 0. The molecular formula is C16H17BrN2O2. The van der Waals surface area contributed by atoms with E-state index in [1.165, 1.54) is 0 Å². The lowest BCUT2D eigenvalue weighted by Crippen LogP contribution is -2.32. The molecule has 5 heteroatoms. The summed E-state index contributed by atoms with van der Waals surface area (Å²) in [6, 6.07) is 9.46. The third kappa shape index (κ3) is 3.13. The summed E-state index contributed by atoms with van der Waals surface area (Å²) in [5.41, 5.74) is 7.05. The molecule has 0 aliphatic heterocycles. The van der Waals surface area contributed by atoms with Crippen molar-refractivity contribution in [3.8, 4) is 0 Å². The summed E-state index contributed by atoms with van der Waals surface area (Å²) < 4.78 is 6.35. The fraction of sp³-hybridized carbons (Fsp3) is 0.312. The lowest BCUT2D eigenvalue weighted by molar-refractivity contribution is 0.0717. The minimum Gasteiger partial charge on any atom is -0.464 e. The molecule has 2 aromatic rings. The number of hydrogen-bond acceptors (Lipinski definition) is 3. The molecule has 1 aliphatic carbocycles. The summed E-state index contributed by atoms with van der Waals surface area (Å²) in [4.78, 5) is 14.6. The van der Waals surface area contributed by atoms with Crippen LogP contribution in [0.3, 0.4) is 0 Å². The van der Waals surface area contributed by atoms with Gasteiger partial charge in [-0.05, 0) is 66.0 Å². The fourth-order valence-electron chi connectivity index (χ4n) is 2.32. The van der Waals surface area contributed by atoms with Crippen LogP contribution in [0.2, 0.25) is 0 Å². The summed E-state index contributed by atoms with van der Waals surface area (Å²) in [6.07, 6.45) is 2.11. The number of anilines is 1. The van der Waals surface area contributed by atoms with Crippen LogP contribution in [0.4, 0.5) is 5.69 Å². The number of carbonyl (C=O) groups is 1. The van der Waals surface area contributed by atoms with E-state index in [0.717, 1.165) is 28.8 Å². The molecule has 1 aliphatic rings. The van der Waals surface area contributed by atoms with E-state index in [0.29, 0.717) is 23.8 Å². The molecule has 110 valence electrons. The molecule has 0 saturated heterocycles. The van der Waals surface area contributed by atoms with Gasteiger partial charge in [0.05, 0.1) is 6.54 Å². The van der Waals surface area contributed by atoms with Crippen molar-refractivity contribution >= 4 is 27.5 Å². The van der Waals surface area contributed by atoms with Gasteiger partial charge in [0.2, 0.25) is 0 Å². The van der Waals surface area contributed by atoms with E-state index in [-0.39, 0.29) is 5.91 Å². The van der Waals surface area contributed by atoms with Crippen molar-refractivity contribution in [2.45, 2.75) is 32.4 Å². The van der Waals surface area contributed by atoms with E-state index in [9.17, 15) is 4.79 Å². The fourth-order valence-corrected chi connectivity index (χ4v) is 2.70. The standard InChI is InChI=1S/C16H17BrN2O2/c1-10-2-6-13(21-10)9-19(12-4-5-12)16(20)11-3-7-15(18)14(17)8-11/h2-3,6-8,12H,4-5,9,18H2,1H3. The van der Waals surface area contributed by atoms with Crippen LogP contribution in [0, 0.1) is 6.92 Å². The number of hydrogen-bond donors (Lipinski definition) is 1. The van der Waals surface area contributed by atoms with Gasteiger partial charge in [0, 0.05) is 21.8 Å². The summed E-state index contributed by atoms with van der Waals surface area (Å²) in [5.74, 6) is 1.71. The SMILES string of the molecule is Cc1ccc(CN(C(=O)c2ccc(N)c(Br)c2)C2CC2)o1. The van der Waals surface area contributed by atoms with Crippen molar-refractivity contribution in [3.05, 3.63) is 51.9 Å². The van der Waals surface area contributed by atoms with Gasteiger partial charge in [0.15, 0.2) is 0 Å². The van der Waals surface area contributed by atoms with E-state index < -0.39 is 0 Å². The van der Waals surface area contributed by atoms with E-state index in [1.54, 1.807) is 18.2 Å². The Kier molecular flexibility index (Phi) is 3.76. The van der Waals surface area contributed by atoms with Crippen LogP contribution in [0.5, 0.6) is 0 Å². The van der Waals surface area contributed by atoms with Crippen molar-refractivity contribution < 1.29 is 9.21 Å². The number of halogens is 1. The monoisotopic (exact) mass is 348 g/mol. The Morgan fingerprint density at radius 3 is 2.71 bits per heavy atom. The number of nitrogens with two attached hydrogens (primary N) is 1. The minimum atomic E-state index is 0.0206. The molecule has 0 spiro atoms. The summed E-state index contributed by atoms with van der Waals surface area (Å²) in [7, 11) is 0. The van der Waals surface area contributed by atoms with Crippen LogP contribution in [0.15, 0.2) is 39.2 Å². The van der Waals surface area contributed by atoms with Crippen LogP contribution in [-0.2, 0) is 6.54 Å². The predicted octanol–water partition coefficient (Wildman–Crippen LogP) is 3.74. The average Bonchev–Trinajstić information content (AvgIpc) is 3.21. The second kappa shape index (κ2) is 5.56. The van der Waals surface area contributed by atoms with Crippen molar-refractivity contribution in [1.29, 1.82) is 0 Å². The number of amides is 1. The lowest BCUT2D eigenvalue weighted by atomic mass is 10.1. The van der Waals surface area contributed by atoms with Gasteiger partial charge in [0.1, 0.15) is 11.5 Å². The Balaban J connectivity index is 1.83. The van der Waals surface area contributed by atoms with Gasteiger partial charge in [-0.25, -0.2) is 0 Å². The highest BCUT2D eigenvalue weighted by atomic mass is 79.9. The molecule has 1 fully saturated rings. The van der Waals surface area contributed by atoms with Crippen molar-refractivity contribution in [1.82, 2.24) is 4.90 Å².